The minimum Gasteiger partial charge on any atom is -0.330 e. The van der Waals surface area contributed by atoms with Gasteiger partial charge in [-0.2, -0.15) is 4.37 Å². The van der Waals surface area contributed by atoms with Crippen LogP contribution in [-0.2, 0) is 5.41 Å². The number of benzene rings is 1. The highest BCUT2D eigenvalue weighted by atomic mass is 32.1. The summed E-state index contributed by atoms with van der Waals surface area (Å²) in [7, 11) is 0. The van der Waals surface area contributed by atoms with E-state index in [1.807, 2.05) is 0 Å². The summed E-state index contributed by atoms with van der Waals surface area (Å²) in [6, 6.07) is 6.80. The largest absolute Gasteiger partial charge is 0.330 e. The highest BCUT2D eigenvalue weighted by molar-refractivity contribution is 7.13. The molecule has 1 aromatic heterocycles. The van der Waals surface area contributed by atoms with Gasteiger partial charge in [0, 0.05) is 17.3 Å². The molecule has 1 saturated carbocycles. The van der Waals surface area contributed by atoms with Crippen LogP contribution in [0.15, 0.2) is 18.2 Å². The lowest BCUT2D eigenvalue weighted by molar-refractivity contribution is 0.453. The van der Waals surface area contributed by atoms with Crippen LogP contribution < -0.4 is 5.73 Å². The summed E-state index contributed by atoms with van der Waals surface area (Å²) >= 11 is 1.61. The Kier molecular flexibility index (Phi) is 2.68. The van der Waals surface area contributed by atoms with Gasteiger partial charge in [-0.15, -0.1) is 0 Å². The summed E-state index contributed by atoms with van der Waals surface area (Å²) in [5.74, 6) is 0. The normalized spacial score (nSPS) is 18.9. The fourth-order valence-electron chi connectivity index (χ4n) is 3.06. The number of aryl methyl sites for hydroxylation is 1. The molecule has 0 unspecified atom stereocenters. The molecule has 1 aromatic carbocycles. The Hall–Kier alpha value is -0.930. The van der Waals surface area contributed by atoms with Gasteiger partial charge in [-0.05, 0) is 42.9 Å². The summed E-state index contributed by atoms with van der Waals surface area (Å²) in [6.45, 7) is 2.85. The fraction of sp³-hybridized carbons (Fsp3) is 0.500. The van der Waals surface area contributed by atoms with Gasteiger partial charge in [0.2, 0.25) is 0 Å². The molecule has 90 valence electrons. The van der Waals surface area contributed by atoms with Gasteiger partial charge in [-0.25, -0.2) is 0 Å². The third-order valence-corrected chi connectivity index (χ3v) is 5.12. The van der Waals surface area contributed by atoms with Gasteiger partial charge < -0.3 is 5.73 Å². The Morgan fingerprint density at radius 1 is 1.35 bits per heavy atom. The Morgan fingerprint density at radius 2 is 2.12 bits per heavy atom. The number of hydrogen-bond donors (Lipinski definition) is 1. The zero-order valence-electron chi connectivity index (χ0n) is 10.2. The van der Waals surface area contributed by atoms with E-state index in [9.17, 15) is 0 Å². The van der Waals surface area contributed by atoms with Crippen molar-refractivity contribution in [2.75, 3.05) is 6.54 Å². The molecular weight excluding hydrogens is 228 g/mol. The maximum absolute atomic E-state index is 6.04. The van der Waals surface area contributed by atoms with Gasteiger partial charge in [-0.3, -0.25) is 0 Å². The summed E-state index contributed by atoms with van der Waals surface area (Å²) in [4.78, 5) is 0. The van der Waals surface area contributed by atoms with Gasteiger partial charge in [0.25, 0.3) is 0 Å². The molecule has 0 spiro atoms. The van der Waals surface area contributed by atoms with Gasteiger partial charge in [-0.1, -0.05) is 25.0 Å². The number of aromatic nitrogens is 1. The molecule has 0 atom stereocenters. The molecule has 1 aliphatic rings. The van der Waals surface area contributed by atoms with Crippen LogP contribution >= 0.6 is 11.5 Å². The number of fused-ring (bicyclic) bond motifs is 1. The van der Waals surface area contributed by atoms with E-state index in [1.165, 1.54) is 41.3 Å². The average Bonchev–Trinajstić information content (AvgIpc) is 2.97. The fourth-order valence-corrected chi connectivity index (χ4v) is 3.88. The monoisotopic (exact) mass is 246 g/mol. The van der Waals surface area contributed by atoms with Crippen LogP contribution in [-0.4, -0.2) is 10.9 Å². The van der Waals surface area contributed by atoms with Crippen LogP contribution in [0.5, 0.6) is 0 Å². The van der Waals surface area contributed by atoms with Gasteiger partial charge in [0.05, 0.1) is 10.4 Å². The van der Waals surface area contributed by atoms with Crippen molar-refractivity contribution in [3.05, 3.63) is 29.5 Å². The van der Waals surface area contributed by atoms with Gasteiger partial charge >= 0.3 is 0 Å². The first-order valence-electron chi connectivity index (χ1n) is 6.32. The molecule has 1 heterocycles. The molecule has 1 aliphatic carbocycles. The van der Waals surface area contributed by atoms with Crippen molar-refractivity contribution in [3.8, 4) is 0 Å². The molecule has 2 aromatic rings. The topological polar surface area (TPSA) is 38.9 Å². The molecular formula is C14H18N2S. The maximum Gasteiger partial charge on any atom is 0.0589 e. The van der Waals surface area contributed by atoms with Crippen LogP contribution in [0.1, 0.15) is 36.9 Å². The first kappa shape index (κ1) is 11.2. The lowest BCUT2D eigenvalue weighted by Crippen LogP contribution is -2.31. The first-order chi connectivity index (χ1) is 8.25. The predicted molar refractivity (Wildman–Crippen MR) is 73.6 cm³/mol. The van der Waals surface area contributed by atoms with Crippen LogP contribution in [0.3, 0.4) is 0 Å². The molecule has 0 aliphatic heterocycles. The zero-order chi connectivity index (χ0) is 11.9. The summed E-state index contributed by atoms with van der Waals surface area (Å²) in [5.41, 5.74) is 8.85. The molecule has 0 bridgehead atoms. The van der Waals surface area contributed by atoms with Crippen LogP contribution in [0.2, 0.25) is 0 Å². The smallest absolute Gasteiger partial charge is 0.0589 e. The third-order valence-electron chi connectivity index (χ3n) is 4.22. The van der Waals surface area contributed by atoms with E-state index < -0.39 is 0 Å². The molecule has 1 fully saturated rings. The van der Waals surface area contributed by atoms with E-state index in [0.29, 0.717) is 0 Å². The Bertz CT molecular complexity index is 538. The van der Waals surface area contributed by atoms with Crippen molar-refractivity contribution in [1.29, 1.82) is 0 Å². The maximum atomic E-state index is 6.04. The van der Waals surface area contributed by atoms with Crippen LogP contribution in [0.25, 0.3) is 10.1 Å². The average molecular weight is 246 g/mol. The standard InChI is InChI=1S/C14H18N2S/c1-10-12-5-4-11(8-13(12)17-16-10)14(9-15)6-2-3-7-14/h4-5,8H,2-3,6-7,9,15H2,1H3. The van der Waals surface area contributed by atoms with E-state index in [2.05, 4.69) is 29.5 Å². The Morgan fingerprint density at radius 3 is 2.82 bits per heavy atom. The second kappa shape index (κ2) is 4.07. The highest BCUT2D eigenvalue weighted by Gasteiger charge is 2.34. The second-order valence-corrected chi connectivity index (χ2v) is 5.98. The SMILES string of the molecule is Cc1nsc2cc(C3(CN)CCCC3)ccc12. The molecule has 2 nitrogen and oxygen atoms in total. The molecule has 2 N–H and O–H groups in total. The summed E-state index contributed by atoms with van der Waals surface area (Å²) < 4.78 is 5.73. The molecule has 3 rings (SSSR count). The number of nitrogens with zero attached hydrogens (tertiary/aromatic N) is 1. The predicted octanol–water partition coefficient (Wildman–Crippen LogP) is 3.38. The Labute approximate surface area is 106 Å². The molecule has 0 saturated heterocycles. The number of hydrogen-bond acceptors (Lipinski definition) is 3. The molecule has 0 amide bonds. The summed E-state index contributed by atoms with van der Waals surface area (Å²) in [5, 5.41) is 1.30. The van der Waals surface area contributed by atoms with Crippen molar-refractivity contribution in [2.24, 2.45) is 5.73 Å². The van der Waals surface area contributed by atoms with Gasteiger partial charge in [0.1, 0.15) is 0 Å². The molecule has 3 heteroatoms. The van der Waals surface area contributed by atoms with Crippen molar-refractivity contribution >= 4 is 21.6 Å². The number of nitrogens with two attached hydrogens (primary N) is 1. The summed E-state index contributed by atoms with van der Waals surface area (Å²) in [6.07, 6.45) is 5.12. The van der Waals surface area contributed by atoms with Crippen molar-refractivity contribution in [2.45, 2.75) is 38.0 Å². The molecule has 0 radical (unpaired) electrons. The first-order valence-corrected chi connectivity index (χ1v) is 7.09. The lowest BCUT2D eigenvalue weighted by atomic mass is 9.79. The number of rotatable bonds is 2. The van der Waals surface area contributed by atoms with E-state index in [0.717, 1.165) is 12.2 Å². The van der Waals surface area contributed by atoms with Crippen molar-refractivity contribution in [3.63, 3.8) is 0 Å². The minimum atomic E-state index is 0.242. The minimum absolute atomic E-state index is 0.242. The van der Waals surface area contributed by atoms with E-state index in [4.69, 9.17) is 5.73 Å². The molecule has 17 heavy (non-hydrogen) atoms. The Balaban J connectivity index is 2.10. The quantitative estimate of drug-likeness (QED) is 0.882. The van der Waals surface area contributed by atoms with Crippen LogP contribution in [0.4, 0.5) is 0 Å². The third kappa shape index (κ3) is 1.69. The zero-order valence-corrected chi connectivity index (χ0v) is 11.0. The lowest BCUT2D eigenvalue weighted by Gasteiger charge is -2.27. The van der Waals surface area contributed by atoms with E-state index in [1.54, 1.807) is 11.5 Å². The van der Waals surface area contributed by atoms with Crippen LogP contribution in [0, 0.1) is 6.92 Å². The van der Waals surface area contributed by atoms with Crippen molar-refractivity contribution < 1.29 is 0 Å². The van der Waals surface area contributed by atoms with E-state index >= 15 is 0 Å². The highest BCUT2D eigenvalue weighted by Crippen LogP contribution is 2.41. The van der Waals surface area contributed by atoms with Gasteiger partial charge in [0.15, 0.2) is 0 Å². The van der Waals surface area contributed by atoms with E-state index in [-0.39, 0.29) is 5.41 Å². The second-order valence-electron chi connectivity index (χ2n) is 5.17. The van der Waals surface area contributed by atoms with Crippen molar-refractivity contribution in [1.82, 2.24) is 4.37 Å².